The minimum Gasteiger partial charge on any atom is -0.496 e. The van der Waals surface area contributed by atoms with Gasteiger partial charge in [0.25, 0.3) is 0 Å². The van der Waals surface area contributed by atoms with Crippen molar-refractivity contribution in [3.05, 3.63) is 29.8 Å². The first-order chi connectivity index (χ1) is 9.65. The van der Waals surface area contributed by atoms with Crippen molar-refractivity contribution >= 4 is 5.97 Å². The van der Waals surface area contributed by atoms with Crippen LogP contribution in [0, 0.1) is 5.92 Å². The Bertz CT molecular complexity index is 338. The summed E-state index contributed by atoms with van der Waals surface area (Å²) < 4.78 is 35.1. The number of hydrogen-bond acceptors (Lipinski definition) is 2. The van der Waals surface area contributed by atoms with Gasteiger partial charge in [-0.2, -0.15) is 0 Å². The predicted molar refractivity (Wildman–Crippen MR) is 59.8 cm³/mol. The summed E-state index contributed by atoms with van der Waals surface area (Å²) in [6, 6.07) is 7.47. The van der Waals surface area contributed by atoms with E-state index in [-0.39, 0.29) is 5.92 Å². The van der Waals surface area contributed by atoms with Crippen molar-refractivity contribution in [2.45, 2.75) is 13.3 Å². The SMILES string of the molecule is COc1ccccc1C[C@@H](C)C(=O)O.[2H][2H].[2H][2H].[2H][2H]. The third kappa shape index (κ3) is 2.49. The van der Waals surface area contributed by atoms with Crippen LogP contribution < -0.4 is 4.74 Å². The number of hydrogen-bond donors (Lipinski definition) is 1. The summed E-state index contributed by atoms with van der Waals surface area (Å²) in [6.07, 6.45) is 0.499. The Morgan fingerprint density at radius 1 is 1.64 bits per heavy atom. The number of ether oxygens (including phenoxy) is 1. The molecule has 0 spiro atoms. The number of rotatable bonds is 4. The van der Waals surface area contributed by atoms with E-state index in [0.717, 1.165) is 11.3 Å². The van der Waals surface area contributed by atoms with Gasteiger partial charge in [0.2, 0.25) is 0 Å². The largest absolute Gasteiger partial charge is 0.496 e. The first-order valence-electron chi connectivity index (χ1n) is 7.50. The van der Waals surface area contributed by atoms with Gasteiger partial charge in [0.1, 0.15) is 5.75 Å². The quantitative estimate of drug-likeness (QED) is 0.824. The molecule has 1 atom stereocenters. The topological polar surface area (TPSA) is 46.5 Å². The van der Waals surface area contributed by atoms with Crippen LogP contribution in [0.3, 0.4) is 0 Å². The lowest BCUT2D eigenvalue weighted by Gasteiger charge is -2.10. The van der Waals surface area contributed by atoms with E-state index in [1.807, 2.05) is 24.3 Å². The molecule has 0 aromatic heterocycles. The van der Waals surface area contributed by atoms with Crippen LogP contribution in [-0.4, -0.2) is 18.2 Å². The third-order valence-corrected chi connectivity index (χ3v) is 2.14. The monoisotopic (exact) mass is 206 g/mol. The van der Waals surface area contributed by atoms with Crippen molar-refractivity contribution < 1.29 is 23.5 Å². The highest BCUT2D eigenvalue weighted by atomic mass is 16.5. The number of carboxylic acids is 1. The van der Waals surface area contributed by atoms with Gasteiger partial charge < -0.3 is 9.84 Å². The highest BCUT2D eigenvalue weighted by Crippen LogP contribution is 2.20. The Morgan fingerprint density at radius 2 is 2.29 bits per heavy atom. The molecule has 0 aliphatic heterocycles. The summed E-state index contributed by atoms with van der Waals surface area (Å²) in [5, 5.41) is 8.77. The Labute approximate surface area is 92.6 Å². The molecule has 1 N–H and O–H groups in total. The fraction of sp³-hybridized carbons (Fsp3) is 0.364. The molecule has 0 saturated carbocycles. The number of methoxy groups -OCH3 is 1. The van der Waals surface area contributed by atoms with Gasteiger partial charge in [-0.1, -0.05) is 25.1 Å². The van der Waals surface area contributed by atoms with Gasteiger partial charge >= 0.3 is 5.97 Å². The van der Waals surface area contributed by atoms with E-state index in [1.165, 1.54) is 0 Å². The van der Waals surface area contributed by atoms with Crippen LogP contribution in [0.4, 0.5) is 0 Å². The van der Waals surface area contributed by atoms with E-state index < -0.39 is 5.97 Å². The molecule has 0 saturated heterocycles. The first-order valence-corrected chi connectivity index (χ1v) is 4.50. The van der Waals surface area contributed by atoms with Crippen molar-refractivity contribution in [1.82, 2.24) is 0 Å². The summed E-state index contributed by atoms with van der Waals surface area (Å²) in [7, 11) is 1.59. The molecule has 82 valence electrons. The zero-order valence-electron chi connectivity index (χ0n) is 14.4. The molecule has 3 heteroatoms. The van der Waals surface area contributed by atoms with Crippen molar-refractivity contribution in [1.29, 1.82) is 0 Å². The van der Waals surface area contributed by atoms with Crippen LogP contribution in [0.2, 0.25) is 0 Å². The minimum absolute atomic E-state index is 0.383. The van der Waals surface area contributed by atoms with Crippen LogP contribution in [0.15, 0.2) is 24.3 Å². The van der Waals surface area contributed by atoms with E-state index in [4.69, 9.17) is 18.8 Å². The number of aliphatic carboxylic acids is 1. The summed E-state index contributed by atoms with van der Waals surface area (Å²) in [5.74, 6) is -0.414. The third-order valence-electron chi connectivity index (χ3n) is 2.14. The van der Waals surface area contributed by atoms with E-state index in [2.05, 4.69) is 0 Å². The second-order valence-electron chi connectivity index (χ2n) is 3.26. The number of carbonyl (C=O) groups is 1. The molecule has 1 aromatic carbocycles. The van der Waals surface area contributed by atoms with Crippen LogP contribution in [0.5, 0.6) is 5.75 Å². The van der Waals surface area contributed by atoms with Gasteiger partial charge in [0, 0.05) is 8.91 Å². The fourth-order valence-electron chi connectivity index (χ4n) is 1.29. The van der Waals surface area contributed by atoms with Crippen molar-refractivity contribution in [2.24, 2.45) is 5.92 Å². The Hall–Kier alpha value is -1.51. The van der Waals surface area contributed by atoms with E-state index >= 15 is 0 Å². The molecular formula is C11H20O3. The maximum atomic E-state index is 10.7. The molecule has 0 aliphatic carbocycles. The molecular weight excluding hydrogens is 180 g/mol. The molecule has 0 amide bonds. The number of carboxylic acid groups (broad SMARTS) is 1. The average Bonchev–Trinajstić information content (AvgIpc) is 2.53. The standard InChI is InChI=1S/C11H14O3.3H2/c1-8(11(12)13)7-9-5-3-4-6-10(9)14-2;;;/h3-6,8H,7H2,1-2H3,(H,12,13);3*1H/t8-;;;/m1.../s1/i;3*1+1D. The molecule has 3 nitrogen and oxygen atoms in total. The summed E-state index contributed by atoms with van der Waals surface area (Å²) >= 11 is 0. The summed E-state index contributed by atoms with van der Waals surface area (Å²) in [6.45, 7) is 1.69. The lowest BCUT2D eigenvalue weighted by molar-refractivity contribution is -0.141. The van der Waals surface area contributed by atoms with E-state index in [0.29, 0.717) is 6.42 Å². The molecule has 14 heavy (non-hydrogen) atoms. The lowest BCUT2D eigenvalue weighted by atomic mass is 10.0. The zero-order valence-corrected chi connectivity index (χ0v) is 8.36. The smallest absolute Gasteiger partial charge is 0.306 e. The maximum absolute atomic E-state index is 10.7. The van der Waals surface area contributed by atoms with Crippen molar-refractivity contribution in [3.8, 4) is 5.75 Å². The normalized spacial score (nSPS) is 13.9. The maximum Gasteiger partial charge on any atom is 0.306 e. The molecule has 0 bridgehead atoms. The molecule has 0 fully saturated rings. The van der Waals surface area contributed by atoms with Gasteiger partial charge in [-0.3, -0.25) is 4.79 Å². The fourth-order valence-corrected chi connectivity index (χ4v) is 1.29. The predicted octanol–water partition coefficient (Wildman–Crippen LogP) is 2.70. The van der Waals surface area contributed by atoms with E-state index in [1.54, 1.807) is 14.0 Å². The molecule has 0 aliphatic rings. The highest BCUT2D eigenvalue weighted by molar-refractivity contribution is 5.70. The summed E-state index contributed by atoms with van der Waals surface area (Å²) in [4.78, 5) is 10.7. The molecule has 1 rings (SSSR count). The second-order valence-corrected chi connectivity index (χ2v) is 3.26. The van der Waals surface area contributed by atoms with Gasteiger partial charge in [0.05, 0.1) is 13.0 Å². The molecule has 0 heterocycles. The average molecular weight is 206 g/mol. The second kappa shape index (κ2) is 4.65. The van der Waals surface area contributed by atoms with Crippen LogP contribution >= 0.6 is 0 Å². The molecule has 0 unspecified atom stereocenters. The van der Waals surface area contributed by atoms with Crippen LogP contribution in [0.25, 0.3) is 0 Å². The van der Waals surface area contributed by atoms with Gasteiger partial charge in [-0.05, 0) is 18.1 Å². The van der Waals surface area contributed by atoms with Crippen molar-refractivity contribution in [2.75, 3.05) is 7.11 Å². The molecule has 1 aromatic rings. The lowest BCUT2D eigenvalue weighted by Crippen LogP contribution is -2.12. The minimum atomic E-state index is -0.782. The zero-order chi connectivity index (χ0) is 16.6. The van der Waals surface area contributed by atoms with Crippen LogP contribution in [-0.2, 0) is 11.2 Å². The Kier molecular flexibility index (Phi) is 2.28. The van der Waals surface area contributed by atoms with Crippen LogP contribution in [0.1, 0.15) is 21.4 Å². The van der Waals surface area contributed by atoms with Gasteiger partial charge in [-0.25, -0.2) is 0 Å². The Morgan fingerprint density at radius 3 is 2.86 bits per heavy atom. The van der Waals surface area contributed by atoms with Crippen molar-refractivity contribution in [3.63, 3.8) is 0 Å². The highest BCUT2D eigenvalue weighted by Gasteiger charge is 2.13. The summed E-state index contributed by atoms with van der Waals surface area (Å²) in [5.41, 5.74) is 0.935. The number of para-hydroxylation sites is 1. The van der Waals surface area contributed by atoms with E-state index in [9.17, 15) is 4.79 Å². The van der Waals surface area contributed by atoms with Gasteiger partial charge in [-0.15, -0.1) is 0 Å². The first kappa shape index (κ1) is 6.87. The number of benzene rings is 1. The molecule has 0 radical (unpaired) electrons. The van der Waals surface area contributed by atoms with Gasteiger partial charge in [0.15, 0.2) is 0 Å². The Balaban J connectivity index is -0.000000425.